The van der Waals surface area contributed by atoms with E-state index in [1.54, 1.807) is 30.3 Å². The van der Waals surface area contributed by atoms with Crippen molar-refractivity contribution in [1.82, 2.24) is 9.80 Å². The van der Waals surface area contributed by atoms with Gasteiger partial charge in [0.25, 0.3) is 0 Å². The Morgan fingerprint density at radius 3 is 1.68 bits per heavy atom. The summed E-state index contributed by atoms with van der Waals surface area (Å²) >= 11 is 0. The van der Waals surface area contributed by atoms with Crippen LogP contribution < -0.4 is 5.73 Å². The van der Waals surface area contributed by atoms with E-state index in [-0.39, 0.29) is 13.1 Å². The van der Waals surface area contributed by atoms with Gasteiger partial charge in [0.05, 0.1) is 26.2 Å². The molecule has 1 atom stereocenters. The minimum absolute atomic E-state index is 0.0530. The first-order valence-electron chi connectivity index (χ1n) is 8.27. The summed E-state index contributed by atoms with van der Waals surface area (Å²) in [5.41, 5.74) is 6.35. The fraction of sp³-hybridized carbons (Fsp3) is 0.412. The summed E-state index contributed by atoms with van der Waals surface area (Å²) in [5.74, 6) is -4.41. The molecule has 0 aliphatic rings. The van der Waals surface area contributed by atoms with Gasteiger partial charge < -0.3 is 20.1 Å². The number of hydrogen-bond donors (Lipinski definition) is 4. The number of nitrogens with two attached hydrogens (primary N) is 1. The number of carboxylic acid groups (broad SMARTS) is 3. The maximum atomic E-state index is 12.1. The van der Waals surface area contributed by atoms with Crippen LogP contribution in [0.25, 0.3) is 0 Å². The zero-order valence-electron chi connectivity index (χ0n) is 15.1. The van der Waals surface area contributed by atoms with Crippen molar-refractivity contribution in [2.24, 2.45) is 5.73 Å². The molecule has 1 rings (SSSR count). The molecule has 0 aliphatic carbocycles. The van der Waals surface area contributed by atoms with Gasteiger partial charge in [-0.2, -0.15) is 0 Å². The number of carbonyl (C=O) groups is 4. The molecule has 0 bridgehead atoms. The lowest BCUT2D eigenvalue weighted by Gasteiger charge is -2.24. The Bertz CT molecular complexity index is 666. The van der Waals surface area contributed by atoms with E-state index in [9.17, 15) is 19.2 Å². The fourth-order valence-electron chi connectivity index (χ4n) is 2.36. The molecule has 11 heteroatoms. The second-order valence-corrected chi connectivity index (χ2v) is 5.92. The van der Waals surface area contributed by atoms with Gasteiger partial charge >= 0.3 is 23.9 Å². The van der Waals surface area contributed by atoms with Gasteiger partial charge in [0, 0.05) is 18.7 Å². The van der Waals surface area contributed by atoms with Crippen molar-refractivity contribution in [1.29, 1.82) is 0 Å². The van der Waals surface area contributed by atoms with Crippen LogP contribution in [0, 0.1) is 0 Å². The van der Waals surface area contributed by atoms with Gasteiger partial charge in [0.1, 0.15) is 0 Å². The minimum atomic E-state index is -1.22. The molecule has 5 N–H and O–H groups in total. The van der Waals surface area contributed by atoms with Gasteiger partial charge in [-0.05, 0) is 0 Å². The van der Waals surface area contributed by atoms with Gasteiger partial charge in [0.2, 0.25) is 0 Å². The summed E-state index contributed by atoms with van der Waals surface area (Å²) in [6, 6.07) is 8.55. The summed E-state index contributed by atoms with van der Waals surface area (Å²) in [6.07, 6.45) is -1.02. The number of carbonyl (C=O) groups excluding carboxylic acids is 1. The summed E-state index contributed by atoms with van der Waals surface area (Å²) in [5, 5.41) is 26.7. The van der Waals surface area contributed by atoms with Gasteiger partial charge in [0.15, 0.2) is 6.23 Å². The Kier molecular flexibility index (Phi) is 9.57. The minimum Gasteiger partial charge on any atom is -0.480 e. The van der Waals surface area contributed by atoms with E-state index in [0.717, 1.165) is 4.90 Å². The molecule has 0 aliphatic heterocycles. The van der Waals surface area contributed by atoms with Crippen molar-refractivity contribution < 1.29 is 39.2 Å². The second-order valence-electron chi connectivity index (χ2n) is 5.92. The summed E-state index contributed by atoms with van der Waals surface area (Å²) in [4.78, 5) is 47.0. The highest BCUT2D eigenvalue weighted by Gasteiger charge is 2.20. The number of rotatable bonds is 13. The molecule has 28 heavy (non-hydrogen) atoms. The molecule has 0 aromatic heterocycles. The SMILES string of the molecule is NC(OC(=O)CN(CCN(CC(=O)O)CC(=O)O)CC(=O)O)c1ccccc1. The molecule has 0 saturated heterocycles. The first kappa shape index (κ1) is 23.0. The van der Waals surface area contributed by atoms with Gasteiger partial charge in [-0.15, -0.1) is 0 Å². The van der Waals surface area contributed by atoms with Crippen LogP contribution >= 0.6 is 0 Å². The highest BCUT2D eigenvalue weighted by atomic mass is 16.6. The van der Waals surface area contributed by atoms with Crippen molar-refractivity contribution >= 4 is 23.9 Å². The predicted octanol–water partition coefficient (Wildman–Crippen LogP) is -0.955. The zero-order chi connectivity index (χ0) is 21.1. The second kappa shape index (κ2) is 11.6. The van der Waals surface area contributed by atoms with E-state index in [4.69, 9.17) is 25.8 Å². The van der Waals surface area contributed by atoms with Gasteiger partial charge in [-0.25, -0.2) is 0 Å². The van der Waals surface area contributed by atoms with E-state index in [1.807, 2.05) is 0 Å². The van der Waals surface area contributed by atoms with Gasteiger partial charge in [-0.3, -0.25) is 34.7 Å². The molecular weight excluding hydrogens is 374 g/mol. The molecule has 154 valence electrons. The normalized spacial score (nSPS) is 12.0. The molecule has 0 amide bonds. The van der Waals surface area contributed by atoms with E-state index in [1.165, 1.54) is 4.90 Å². The highest BCUT2D eigenvalue weighted by Crippen LogP contribution is 2.11. The summed E-state index contributed by atoms with van der Waals surface area (Å²) in [7, 11) is 0. The van der Waals surface area contributed by atoms with Crippen molar-refractivity contribution in [3.8, 4) is 0 Å². The molecule has 11 nitrogen and oxygen atoms in total. The Hall–Kier alpha value is -3.02. The largest absolute Gasteiger partial charge is 0.480 e. The molecule has 0 radical (unpaired) electrons. The number of nitrogens with zero attached hydrogens (tertiary/aromatic N) is 2. The number of carboxylic acids is 3. The summed E-state index contributed by atoms with van der Waals surface area (Å²) in [6.45, 7) is -2.09. The van der Waals surface area contributed by atoms with Crippen LogP contribution in [-0.4, -0.2) is 88.3 Å². The maximum absolute atomic E-state index is 12.1. The first-order chi connectivity index (χ1) is 13.2. The van der Waals surface area contributed by atoms with Crippen molar-refractivity contribution in [2.45, 2.75) is 6.23 Å². The predicted molar refractivity (Wildman–Crippen MR) is 95.2 cm³/mol. The number of aliphatic carboxylic acids is 3. The number of ether oxygens (including phenoxy) is 1. The standard InChI is InChI=1S/C17H23N3O8/c18-17(12-4-2-1-3-5-12)28-16(27)11-20(10-15(25)26)7-6-19(8-13(21)22)9-14(23)24/h1-5,17H,6-11,18H2,(H,21,22)(H,23,24)(H,25,26). The molecule has 1 aromatic carbocycles. The van der Waals surface area contributed by atoms with Crippen LogP contribution in [0.5, 0.6) is 0 Å². The highest BCUT2D eigenvalue weighted by molar-refractivity contribution is 5.74. The Morgan fingerprint density at radius 2 is 1.25 bits per heavy atom. The van der Waals surface area contributed by atoms with Gasteiger partial charge in [-0.1, -0.05) is 30.3 Å². The van der Waals surface area contributed by atoms with Crippen molar-refractivity contribution in [2.75, 3.05) is 39.3 Å². The third-order valence-electron chi connectivity index (χ3n) is 3.55. The van der Waals surface area contributed by atoms with Crippen LogP contribution in [0.2, 0.25) is 0 Å². The van der Waals surface area contributed by atoms with Crippen molar-refractivity contribution in [3.63, 3.8) is 0 Å². The average Bonchev–Trinajstić information content (AvgIpc) is 2.58. The first-order valence-corrected chi connectivity index (χ1v) is 8.27. The van der Waals surface area contributed by atoms with E-state index in [2.05, 4.69) is 0 Å². The molecule has 0 saturated carbocycles. The zero-order valence-corrected chi connectivity index (χ0v) is 15.1. The molecule has 0 heterocycles. The molecule has 0 fully saturated rings. The van der Waals surface area contributed by atoms with E-state index in [0.29, 0.717) is 5.56 Å². The Morgan fingerprint density at radius 1 is 0.821 bits per heavy atom. The Balaban J connectivity index is 2.65. The monoisotopic (exact) mass is 397 g/mol. The molecular formula is C17H23N3O8. The van der Waals surface area contributed by atoms with E-state index < -0.39 is 56.3 Å². The number of hydrogen-bond acceptors (Lipinski definition) is 8. The fourth-order valence-corrected chi connectivity index (χ4v) is 2.36. The lowest BCUT2D eigenvalue weighted by Crippen LogP contribution is -2.43. The average molecular weight is 397 g/mol. The third kappa shape index (κ3) is 9.62. The van der Waals surface area contributed by atoms with Crippen LogP contribution in [0.15, 0.2) is 30.3 Å². The number of esters is 1. The smallest absolute Gasteiger partial charge is 0.321 e. The topological polar surface area (TPSA) is 171 Å². The Labute approximate surface area is 160 Å². The van der Waals surface area contributed by atoms with Crippen LogP contribution in [0.3, 0.4) is 0 Å². The van der Waals surface area contributed by atoms with E-state index >= 15 is 0 Å². The third-order valence-corrected chi connectivity index (χ3v) is 3.55. The lowest BCUT2D eigenvalue weighted by molar-refractivity contribution is -0.152. The van der Waals surface area contributed by atoms with Crippen LogP contribution in [0.4, 0.5) is 0 Å². The lowest BCUT2D eigenvalue weighted by atomic mass is 10.2. The van der Waals surface area contributed by atoms with Crippen LogP contribution in [0.1, 0.15) is 11.8 Å². The quantitative estimate of drug-likeness (QED) is 0.239. The van der Waals surface area contributed by atoms with Crippen LogP contribution in [-0.2, 0) is 23.9 Å². The maximum Gasteiger partial charge on any atom is 0.321 e. The van der Waals surface area contributed by atoms with Crippen molar-refractivity contribution in [3.05, 3.63) is 35.9 Å². The number of benzene rings is 1. The molecule has 1 unspecified atom stereocenters. The summed E-state index contributed by atoms with van der Waals surface area (Å²) < 4.78 is 5.09. The molecule has 0 spiro atoms. The molecule has 1 aromatic rings.